The van der Waals surface area contributed by atoms with Crippen LogP contribution < -0.4 is 5.32 Å². The average Bonchev–Trinajstić information content (AvgIpc) is 2.21. The van der Waals surface area contributed by atoms with Crippen LogP contribution in [-0.2, 0) is 9.59 Å². The van der Waals surface area contributed by atoms with Crippen LogP contribution in [0.3, 0.4) is 0 Å². The van der Waals surface area contributed by atoms with Gasteiger partial charge in [-0.15, -0.1) is 0 Å². The third kappa shape index (κ3) is 3.49. The van der Waals surface area contributed by atoms with Crippen molar-refractivity contribution in [3.8, 4) is 0 Å². The first-order valence-corrected chi connectivity index (χ1v) is 5.62. The number of amides is 1. The number of benzene rings is 1. The van der Waals surface area contributed by atoms with E-state index in [2.05, 4.69) is 0 Å². The van der Waals surface area contributed by atoms with Crippen LogP contribution >= 0.6 is 0 Å². The van der Waals surface area contributed by atoms with Crippen molar-refractivity contribution in [1.29, 1.82) is 0 Å². The largest absolute Gasteiger partial charge is 0.481 e. The Labute approximate surface area is 109 Å². The van der Waals surface area contributed by atoms with Crippen molar-refractivity contribution in [3.05, 3.63) is 29.8 Å². The molecule has 104 valence electrons. The summed E-state index contributed by atoms with van der Waals surface area (Å²) in [5.41, 5.74) is -1.51. The number of anilines is 1. The van der Waals surface area contributed by atoms with E-state index in [-0.39, 0.29) is 0 Å². The molecule has 1 amide bonds. The van der Waals surface area contributed by atoms with Crippen molar-refractivity contribution in [3.63, 3.8) is 0 Å². The van der Waals surface area contributed by atoms with Crippen LogP contribution in [0.4, 0.5) is 14.5 Å². The molecular weight excluding hydrogens is 256 g/mol. The highest BCUT2D eigenvalue weighted by Crippen LogP contribution is 2.28. The van der Waals surface area contributed by atoms with E-state index in [1.54, 1.807) is 20.8 Å². The smallest absolute Gasteiger partial charge is 0.316 e. The second kappa shape index (κ2) is 5.34. The van der Waals surface area contributed by atoms with Crippen molar-refractivity contribution < 1.29 is 23.5 Å². The van der Waals surface area contributed by atoms with Gasteiger partial charge in [-0.1, -0.05) is 26.8 Å². The van der Waals surface area contributed by atoms with Gasteiger partial charge in [0, 0.05) is 0 Å². The number of halogens is 2. The summed E-state index contributed by atoms with van der Waals surface area (Å²) in [7, 11) is 0. The van der Waals surface area contributed by atoms with Gasteiger partial charge in [0.2, 0.25) is 5.91 Å². The Morgan fingerprint density at radius 3 is 2.05 bits per heavy atom. The van der Waals surface area contributed by atoms with Gasteiger partial charge >= 0.3 is 5.97 Å². The average molecular weight is 271 g/mol. The van der Waals surface area contributed by atoms with Crippen molar-refractivity contribution in [2.45, 2.75) is 20.8 Å². The zero-order valence-electron chi connectivity index (χ0n) is 10.8. The minimum absolute atomic E-state index is 0.636. The fourth-order valence-corrected chi connectivity index (χ4v) is 1.69. The summed E-state index contributed by atoms with van der Waals surface area (Å²) in [6.45, 7) is 4.68. The van der Waals surface area contributed by atoms with Crippen molar-refractivity contribution in [2.24, 2.45) is 11.3 Å². The number of nitrogens with one attached hydrogen (secondary N) is 1. The molecule has 1 aromatic carbocycles. The Morgan fingerprint density at radius 1 is 1.21 bits per heavy atom. The predicted molar refractivity (Wildman–Crippen MR) is 65.6 cm³/mol. The van der Waals surface area contributed by atoms with Crippen molar-refractivity contribution in [2.75, 3.05) is 5.32 Å². The molecule has 0 spiro atoms. The molecule has 0 saturated heterocycles. The van der Waals surface area contributed by atoms with Gasteiger partial charge in [-0.3, -0.25) is 9.59 Å². The Bertz CT molecular complexity index is 489. The molecule has 2 N–H and O–H groups in total. The summed E-state index contributed by atoms with van der Waals surface area (Å²) in [5, 5.41) is 11.0. The van der Waals surface area contributed by atoms with Gasteiger partial charge in [0.1, 0.15) is 23.2 Å². The number of carbonyl (C=O) groups is 2. The summed E-state index contributed by atoms with van der Waals surface area (Å²) in [4.78, 5) is 23.0. The molecule has 1 rings (SSSR count). The normalized spacial score (nSPS) is 12.9. The van der Waals surface area contributed by atoms with E-state index in [9.17, 15) is 18.4 Å². The lowest BCUT2D eigenvalue weighted by Crippen LogP contribution is -2.39. The first-order chi connectivity index (χ1) is 8.64. The zero-order valence-corrected chi connectivity index (χ0v) is 10.8. The molecule has 0 aliphatic rings. The molecule has 0 bridgehead atoms. The Kier molecular flexibility index (Phi) is 4.24. The first-order valence-electron chi connectivity index (χ1n) is 5.62. The minimum Gasteiger partial charge on any atom is -0.481 e. The van der Waals surface area contributed by atoms with Gasteiger partial charge in [0.15, 0.2) is 0 Å². The summed E-state index contributed by atoms with van der Waals surface area (Å²) < 4.78 is 26.7. The summed E-state index contributed by atoms with van der Waals surface area (Å²) in [5.74, 6) is -5.62. The number of hydrogen-bond donors (Lipinski definition) is 2. The molecule has 0 aliphatic carbocycles. The topological polar surface area (TPSA) is 66.4 Å². The molecule has 4 nitrogen and oxygen atoms in total. The SMILES string of the molecule is CC(C)(C)C(C(=O)O)C(=O)Nc1c(F)cccc1F. The van der Waals surface area contributed by atoms with Crippen molar-refractivity contribution in [1.82, 2.24) is 0 Å². The number of aliphatic carboxylic acids is 1. The second-order valence-corrected chi connectivity index (χ2v) is 5.22. The van der Waals surface area contributed by atoms with E-state index in [0.29, 0.717) is 0 Å². The van der Waals surface area contributed by atoms with Crippen LogP contribution in [0.2, 0.25) is 0 Å². The van der Waals surface area contributed by atoms with Crippen LogP contribution in [0.1, 0.15) is 20.8 Å². The predicted octanol–water partition coefficient (Wildman–Crippen LogP) is 2.65. The van der Waals surface area contributed by atoms with E-state index in [1.165, 1.54) is 0 Å². The van der Waals surface area contributed by atoms with Gasteiger partial charge < -0.3 is 10.4 Å². The highest BCUT2D eigenvalue weighted by Gasteiger charge is 2.38. The molecule has 0 aliphatic heterocycles. The van der Waals surface area contributed by atoms with E-state index >= 15 is 0 Å². The maximum absolute atomic E-state index is 13.4. The fraction of sp³-hybridized carbons (Fsp3) is 0.385. The number of rotatable bonds is 3. The van der Waals surface area contributed by atoms with Gasteiger partial charge in [-0.25, -0.2) is 8.78 Å². The van der Waals surface area contributed by atoms with Crippen LogP contribution in [0.5, 0.6) is 0 Å². The number of carboxylic acid groups (broad SMARTS) is 1. The lowest BCUT2D eigenvalue weighted by Gasteiger charge is -2.26. The molecule has 0 aromatic heterocycles. The molecule has 6 heteroatoms. The standard InChI is InChI=1S/C13H15F2NO3/c1-13(2,3)9(12(18)19)11(17)16-10-7(14)5-4-6-8(10)15/h4-6,9H,1-3H3,(H,16,17)(H,18,19). The molecule has 0 radical (unpaired) electrons. The monoisotopic (exact) mass is 271 g/mol. The molecule has 0 heterocycles. The van der Waals surface area contributed by atoms with E-state index < -0.39 is 40.5 Å². The summed E-state index contributed by atoms with van der Waals surface area (Å²) in [6.07, 6.45) is 0. The molecule has 0 fully saturated rings. The fourth-order valence-electron chi connectivity index (χ4n) is 1.69. The van der Waals surface area contributed by atoms with Crippen LogP contribution in [-0.4, -0.2) is 17.0 Å². The van der Waals surface area contributed by atoms with Gasteiger partial charge in [0.25, 0.3) is 0 Å². The molecule has 19 heavy (non-hydrogen) atoms. The Morgan fingerprint density at radius 2 is 1.68 bits per heavy atom. The quantitative estimate of drug-likeness (QED) is 0.830. The minimum atomic E-state index is -1.41. The van der Waals surface area contributed by atoms with E-state index in [4.69, 9.17) is 5.11 Å². The molecule has 1 aromatic rings. The first kappa shape index (κ1) is 15.1. The van der Waals surface area contributed by atoms with E-state index in [1.807, 2.05) is 5.32 Å². The maximum atomic E-state index is 13.4. The molecule has 1 atom stereocenters. The zero-order chi connectivity index (χ0) is 14.8. The maximum Gasteiger partial charge on any atom is 0.316 e. The van der Waals surface area contributed by atoms with Crippen LogP contribution in [0.15, 0.2) is 18.2 Å². The second-order valence-electron chi connectivity index (χ2n) is 5.22. The molecule has 1 unspecified atom stereocenters. The number of carboxylic acids is 1. The number of para-hydroxylation sites is 1. The number of carbonyl (C=O) groups excluding carboxylic acids is 1. The Balaban J connectivity index is 3.05. The highest BCUT2D eigenvalue weighted by atomic mass is 19.1. The van der Waals surface area contributed by atoms with Gasteiger partial charge in [-0.05, 0) is 17.5 Å². The molecule has 0 saturated carbocycles. The molecular formula is C13H15F2NO3. The van der Waals surface area contributed by atoms with Crippen molar-refractivity contribution >= 4 is 17.6 Å². The highest BCUT2D eigenvalue weighted by molar-refractivity contribution is 6.04. The third-order valence-corrected chi connectivity index (χ3v) is 2.59. The van der Waals surface area contributed by atoms with E-state index in [0.717, 1.165) is 18.2 Å². The van der Waals surface area contributed by atoms with Crippen LogP contribution in [0.25, 0.3) is 0 Å². The Hall–Kier alpha value is -1.98. The lowest BCUT2D eigenvalue weighted by atomic mass is 9.80. The number of hydrogen-bond acceptors (Lipinski definition) is 2. The summed E-state index contributed by atoms with van der Waals surface area (Å²) >= 11 is 0. The summed E-state index contributed by atoms with van der Waals surface area (Å²) in [6, 6.07) is 3.11. The van der Waals surface area contributed by atoms with Crippen LogP contribution in [0, 0.1) is 23.0 Å². The van der Waals surface area contributed by atoms with Gasteiger partial charge in [0.05, 0.1) is 0 Å². The third-order valence-electron chi connectivity index (χ3n) is 2.59. The van der Waals surface area contributed by atoms with Gasteiger partial charge in [-0.2, -0.15) is 0 Å². The lowest BCUT2D eigenvalue weighted by molar-refractivity contribution is -0.149.